The number of amides is 1. The summed E-state index contributed by atoms with van der Waals surface area (Å²) in [6.45, 7) is 5.18. The fourth-order valence-electron chi connectivity index (χ4n) is 3.89. The lowest BCUT2D eigenvalue weighted by atomic mass is 9.81. The van der Waals surface area contributed by atoms with Crippen LogP contribution in [0.15, 0.2) is 18.2 Å². The van der Waals surface area contributed by atoms with Crippen molar-refractivity contribution in [3.05, 3.63) is 40.7 Å². The largest absolute Gasteiger partial charge is 0.451 e. The molecule has 0 bridgehead atoms. The maximum absolute atomic E-state index is 12.6. The molecule has 0 N–H and O–H groups in total. The van der Waals surface area contributed by atoms with E-state index in [-0.39, 0.29) is 5.69 Å². The van der Waals surface area contributed by atoms with Crippen molar-refractivity contribution in [3.8, 4) is 11.8 Å². The molecule has 1 saturated carbocycles. The molecule has 1 aliphatic carbocycles. The van der Waals surface area contributed by atoms with Crippen LogP contribution in [0.1, 0.15) is 59.4 Å². The van der Waals surface area contributed by atoms with Gasteiger partial charge in [0.2, 0.25) is 0 Å². The number of nitriles is 1. The number of hydrogen-bond donors (Lipinski definition) is 0. The molecular weight excluding hydrogens is 382 g/mol. The lowest BCUT2D eigenvalue weighted by Gasteiger charge is -2.38. The average molecular weight is 409 g/mol. The molecule has 0 spiro atoms. The van der Waals surface area contributed by atoms with Crippen molar-refractivity contribution in [2.24, 2.45) is 0 Å². The topological polar surface area (TPSA) is 101 Å². The van der Waals surface area contributed by atoms with Gasteiger partial charge >= 0.3 is 5.97 Å². The van der Waals surface area contributed by atoms with E-state index >= 15 is 0 Å². The van der Waals surface area contributed by atoms with Crippen LogP contribution >= 0.6 is 0 Å². The third-order valence-electron chi connectivity index (χ3n) is 5.77. The van der Waals surface area contributed by atoms with Gasteiger partial charge in [0.05, 0.1) is 17.5 Å². The van der Waals surface area contributed by atoms with Crippen LogP contribution in [0.25, 0.3) is 5.69 Å². The Kier molecular flexibility index (Phi) is 6.20. The molecule has 2 aromatic rings. The summed E-state index contributed by atoms with van der Waals surface area (Å²) in [6.07, 6.45) is 4.17. The van der Waals surface area contributed by atoms with Crippen LogP contribution in [0.4, 0.5) is 0 Å². The Morgan fingerprint density at radius 1 is 1.20 bits per heavy atom. The molecule has 8 nitrogen and oxygen atoms in total. The fourth-order valence-corrected chi connectivity index (χ4v) is 3.89. The second kappa shape index (κ2) is 8.66. The molecule has 1 aromatic heterocycles. The normalized spacial score (nSPS) is 15.3. The molecule has 0 unspecified atom stereocenters. The summed E-state index contributed by atoms with van der Waals surface area (Å²) in [5, 5.41) is 18.2. The predicted octanol–water partition coefficient (Wildman–Crippen LogP) is 3.03. The molecule has 3 rings (SSSR count). The maximum Gasteiger partial charge on any atom is 0.361 e. The van der Waals surface area contributed by atoms with Crippen LogP contribution in [0.5, 0.6) is 0 Å². The van der Waals surface area contributed by atoms with Gasteiger partial charge in [0.15, 0.2) is 12.3 Å². The lowest BCUT2D eigenvalue weighted by molar-refractivity contribution is -0.138. The molecule has 8 heteroatoms. The van der Waals surface area contributed by atoms with Crippen molar-refractivity contribution in [2.75, 3.05) is 13.7 Å². The molecule has 0 radical (unpaired) electrons. The minimum atomic E-state index is -0.816. The molecule has 1 aromatic carbocycles. The number of benzene rings is 1. The van der Waals surface area contributed by atoms with E-state index in [0.717, 1.165) is 36.1 Å². The number of carbonyl (C=O) groups excluding carboxylic acids is 2. The van der Waals surface area contributed by atoms with Crippen LogP contribution in [0, 0.1) is 32.1 Å². The molecule has 0 atom stereocenters. The summed E-state index contributed by atoms with van der Waals surface area (Å²) in [6, 6.07) is 8.15. The lowest BCUT2D eigenvalue weighted by Crippen LogP contribution is -2.51. The molecule has 1 fully saturated rings. The highest BCUT2D eigenvalue weighted by molar-refractivity contribution is 5.90. The van der Waals surface area contributed by atoms with Crippen molar-refractivity contribution >= 4 is 11.9 Å². The number of aryl methyl sites for hydroxylation is 3. The van der Waals surface area contributed by atoms with E-state index in [0.29, 0.717) is 18.5 Å². The molecule has 30 heavy (non-hydrogen) atoms. The first kappa shape index (κ1) is 21.5. The summed E-state index contributed by atoms with van der Waals surface area (Å²) in [5.74, 6) is -1.11. The smallest absolute Gasteiger partial charge is 0.361 e. The predicted molar refractivity (Wildman–Crippen MR) is 110 cm³/mol. The van der Waals surface area contributed by atoms with Crippen molar-refractivity contribution in [3.63, 3.8) is 0 Å². The molecule has 0 aliphatic heterocycles. The van der Waals surface area contributed by atoms with Gasteiger partial charge in [0.25, 0.3) is 5.91 Å². The molecule has 158 valence electrons. The molecule has 1 aliphatic rings. The monoisotopic (exact) mass is 409 g/mol. The van der Waals surface area contributed by atoms with Crippen LogP contribution in [-0.2, 0) is 9.53 Å². The van der Waals surface area contributed by atoms with Crippen molar-refractivity contribution in [1.29, 1.82) is 5.26 Å². The zero-order valence-electron chi connectivity index (χ0n) is 17.9. The number of aromatic nitrogens is 3. The molecule has 1 heterocycles. The first-order valence-corrected chi connectivity index (χ1v) is 10.1. The zero-order valence-corrected chi connectivity index (χ0v) is 17.9. The maximum atomic E-state index is 12.6. The van der Waals surface area contributed by atoms with Gasteiger partial charge in [-0.3, -0.25) is 4.79 Å². The van der Waals surface area contributed by atoms with E-state index in [1.807, 2.05) is 32.0 Å². The average Bonchev–Trinajstić information content (AvgIpc) is 3.13. The van der Waals surface area contributed by atoms with Crippen LogP contribution in [0.2, 0.25) is 0 Å². The third kappa shape index (κ3) is 4.20. The summed E-state index contributed by atoms with van der Waals surface area (Å²) in [7, 11) is 1.60. The van der Waals surface area contributed by atoms with Gasteiger partial charge in [-0.15, -0.1) is 5.10 Å². The van der Waals surface area contributed by atoms with Crippen molar-refractivity contribution in [1.82, 2.24) is 19.9 Å². The van der Waals surface area contributed by atoms with E-state index in [4.69, 9.17) is 4.74 Å². The summed E-state index contributed by atoms with van der Waals surface area (Å²) in [4.78, 5) is 27.9. The SMILES string of the molecule is Cc1ccc(-n2nc(C)c(C(=O)OCC(=O)N(C)C3(C#N)CCCCC3)n2)c(C)c1. The Morgan fingerprint density at radius 3 is 2.53 bits per heavy atom. The van der Waals surface area contributed by atoms with E-state index in [2.05, 4.69) is 16.3 Å². The number of likely N-dealkylation sites (N-methyl/N-ethyl adjacent to an activating group) is 1. The first-order chi connectivity index (χ1) is 14.3. The first-order valence-electron chi connectivity index (χ1n) is 10.1. The number of esters is 1. The molecule has 1 amide bonds. The highest BCUT2D eigenvalue weighted by atomic mass is 16.5. The summed E-state index contributed by atoms with van der Waals surface area (Å²) >= 11 is 0. The van der Waals surface area contributed by atoms with Crippen molar-refractivity contribution in [2.45, 2.75) is 58.4 Å². The zero-order chi connectivity index (χ0) is 21.9. The Labute approximate surface area is 176 Å². The van der Waals surface area contributed by atoms with Crippen molar-refractivity contribution < 1.29 is 14.3 Å². The van der Waals surface area contributed by atoms with Crippen LogP contribution in [0.3, 0.4) is 0 Å². The quantitative estimate of drug-likeness (QED) is 0.704. The Morgan fingerprint density at radius 2 is 1.90 bits per heavy atom. The highest BCUT2D eigenvalue weighted by Gasteiger charge is 2.39. The van der Waals surface area contributed by atoms with E-state index in [9.17, 15) is 14.9 Å². The number of nitrogens with zero attached hydrogens (tertiary/aromatic N) is 5. The van der Waals surface area contributed by atoms with Gasteiger partial charge < -0.3 is 9.64 Å². The van der Waals surface area contributed by atoms with Gasteiger partial charge in [-0.25, -0.2) is 4.79 Å². The van der Waals surface area contributed by atoms with E-state index in [1.165, 1.54) is 9.70 Å². The minimum absolute atomic E-state index is 0.0677. The van der Waals surface area contributed by atoms with E-state index in [1.54, 1.807) is 14.0 Å². The van der Waals surface area contributed by atoms with E-state index < -0.39 is 24.0 Å². The number of hydrogen-bond acceptors (Lipinski definition) is 6. The second-order valence-electron chi connectivity index (χ2n) is 7.95. The molecule has 0 saturated heterocycles. The standard InChI is InChI=1S/C22H27N5O3/c1-15-8-9-18(16(2)12-15)27-24-17(3)20(25-27)21(29)30-13-19(28)26(4)22(14-23)10-6-5-7-11-22/h8-9,12H,5-7,10-11,13H2,1-4H3. The molecular formula is C22H27N5O3. The number of carbonyl (C=O) groups is 2. The Hall–Kier alpha value is -3.21. The van der Waals surface area contributed by atoms with Crippen LogP contribution in [-0.4, -0.2) is 51.0 Å². The second-order valence-corrected chi connectivity index (χ2v) is 7.95. The third-order valence-corrected chi connectivity index (χ3v) is 5.77. The van der Waals surface area contributed by atoms with Gasteiger partial charge in [-0.05, 0) is 45.2 Å². The minimum Gasteiger partial charge on any atom is -0.451 e. The number of ether oxygens (including phenoxy) is 1. The Balaban J connectivity index is 1.68. The number of rotatable bonds is 5. The highest BCUT2D eigenvalue weighted by Crippen LogP contribution is 2.32. The van der Waals surface area contributed by atoms with Gasteiger partial charge in [0, 0.05) is 7.05 Å². The Bertz CT molecular complexity index is 999. The fraction of sp³-hybridized carbons (Fsp3) is 0.500. The van der Waals surface area contributed by atoms with Crippen LogP contribution < -0.4 is 0 Å². The summed E-state index contributed by atoms with van der Waals surface area (Å²) in [5.41, 5.74) is 2.54. The summed E-state index contributed by atoms with van der Waals surface area (Å²) < 4.78 is 5.22. The van der Waals surface area contributed by atoms with Gasteiger partial charge in [-0.1, -0.05) is 37.0 Å². The van der Waals surface area contributed by atoms with Gasteiger partial charge in [-0.2, -0.15) is 15.2 Å². The van der Waals surface area contributed by atoms with Gasteiger partial charge in [0.1, 0.15) is 5.54 Å².